The summed E-state index contributed by atoms with van der Waals surface area (Å²) in [7, 11) is 0. The van der Waals surface area contributed by atoms with Crippen molar-refractivity contribution in [1.29, 1.82) is 0 Å². The van der Waals surface area contributed by atoms with Crippen molar-refractivity contribution in [2.75, 3.05) is 5.32 Å². The predicted octanol–water partition coefficient (Wildman–Crippen LogP) is 4.18. The molecule has 2 aromatic carbocycles. The second-order valence-electron chi connectivity index (χ2n) is 5.03. The molecule has 3 nitrogen and oxygen atoms in total. The Labute approximate surface area is 139 Å². The monoisotopic (exact) mass is 409 g/mol. The molecule has 1 aliphatic heterocycles. The highest BCUT2D eigenvalue weighted by Gasteiger charge is 2.19. The number of hydrogen-bond acceptors (Lipinski definition) is 2. The zero-order chi connectivity index (χ0) is 15.0. The maximum Gasteiger partial charge on any atom is 0.224 e. The van der Waals surface area contributed by atoms with Crippen molar-refractivity contribution in [1.82, 2.24) is 0 Å². The minimum Gasteiger partial charge on any atom is -0.384 e. The van der Waals surface area contributed by atoms with E-state index in [1.54, 1.807) is 0 Å². The van der Waals surface area contributed by atoms with Gasteiger partial charge in [0.25, 0.3) is 0 Å². The third-order valence-corrected chi connectivity index (χ3v) is 4.81. The van der Waals surface area contributed by atoms with Gasteiger partial charge in [-0.15, -0.1) is 0 Å². The number of carbonyl (C=O) groups is 1. The summed E-state index contributed by atoms with van der Waals surface area (Å²) in [5, 5.41) is 13.5. The van der Waals surface area contributed by atoms with Gasteiger partial charge in [0.1, 0.15) is 6.10 Å². The van der Waals surface area contributed by atoms with Gasteiger partial charge in [0, 0.05) is 26.6 Å². The van der Waals surface area contributed by atoms with Gasteiger partial charge in [-0.2, -0.15) is 0 Å². The number of halogens is 2. The van der Waals surface area contributed by atoms with Crippen LogP contribution in [0.1, 0.15) is 29.2 Å². The van der Waals surface area contributed by atoms with E-state index >= 15 is 0 Å². The number of hydrogen-bond donors (Lipinski definition) is 2. The van der Waals surface area contributed by atoms with Crippen molar-refractivity contribution in [2.45, 2.75) is 18.9 Å². The first kappa shape index (κ1) is 14.8. The van der Waals surface area contributed by atoms with E-state index in [2.05, 4.69) is 37.2 Å². The first-order chi connectivity index (χ1) is 10.0. The standard InChI is InChI=1S/C16H13Br2NO2/c17-11-3-4-13(18)12(8-11)16(21)10-1-5-14-9(7-10)2-6-15(20)19-14/h1,3-5,7-8,16,21H,2,6H2,(H,19,20). The van der Waals surface area contributed by atoms with Gasteiger partial charge < -0.3 is 10.4 Å². The van der Waals surface area contributed by atoms with Crippen molar-refractivity contribution < 1.29 is 9.90 Å². The molecule has 5 heteroatoms. The van der Waals surface area contributed by atoms with Crippen LogP contribution in [0.25, 0.3) is 0 Å². The molecule has 2 aromatic rings. The third-order valence-electron chi connectivity index (χ3n) is 3.59. The number of carbonyl (C=O) groups excluding carboxylic acids is 1. The van der Waals surface area contributed by atoms with Crippen molar-refractivity contribution in [3.05, 3.63) is 62.0 Å². The number of amides is 1. The Balaban J connectivity index is 1.97. The molecule has 1 atom stereocenters. The molecule has 21 heavy (non-hydrogen) atoms. The second kappa shape index (κ2) is 5.91. The smallest absolute Gasteiger partial charge is 0.224 e. The van der Waals surface area contributed by atoms with E-state index in [0.29, 0.717) is 12.8 Å². The van der Waals surface area contributed by atoms with Crippen LogP contribution < -0.4 is 5.32 Å². The van der Waals surface area contributed by atoms with Crippen LogP contribution in [0.3, 0.4) is 0 Å². The minimum atomic E-state index is -0.709. The van der Waals surface area contributed by atoms with E-state index in [4.69, 9.17) is 0 Å². The Hall–Kier alpha value is -1.17. The highest BCUT2D eigenvalue weighted by Crippen LogP contribution is 2.33. The van der Waals surface area contributed by atoms with Gasteiger partial charge in [-0.3, -0.25) is 4.79 Å². The number of aryl methyl sites for hydroxylation is 1. The average Bonchev–Trinajstić information content (AvgIpc) is 2.48. The largest absolute Gasteiger partial charge is 0.384 e. The van der Waals surface area contributed by atoms with Gasteiger partial charge in [-0.1, -0.05) is 44.0 Å². The first-order valence-electron chi connectivity index (χ1n) is 6.60. The lowest BCUT2D eigenvalue weighted by molar-refractivity contribution is -0.116. The molecule has 0 saturated heterocycles. The lowest BCUT2D eigenvalue weighted by Gasteiger charge is -2.20. The first-order valence-corrected chi connectivity index (χ1v) is 8.19. The Morgan fingerprint density at radius 2 is 1.90 bits per heavy atom. The molecule has 0 saturated carbocycles. The molecule has 1 unspecified atom stereocenters. The topological polar surface area (TPSA) is 49.3 Å². The van der Waals surface area contributed by atoms with E-state index in [1.807, 2.05) is 36.4 Å². The molecule has 3 rings (SSSR count). The fourth-order valence-electron chi connectivity index (χ4n) is 2.48. The second-order valence-corrected chi connectivity index (χ2v) is 6.80. The molecule has 1 heterocycles. The fourth-order valence-corrected chi connectivity index (χ4v) is 3.32. The zero-order valence-corrected chi connectivity index (χ0v) is 14.2. The molecule has 1 aliphatic rings. The van der Waals surface area contributed by atoms with Gasteiger partial charge >= 0.3 is 0 Å². The van der Waals surface area contributed by atoms with Gasteiger partial charge in [-0.25, -0.2) is 0 Å². The highest BCUT2D eigenvalue weighted by molar-refractivity contribution is 9.11. The van der Waals surface area contributed by atoms with Gasteiger partial charge in [0.15, 0.2) is 0 Å². The molecule has 0 aromatic heterocycles. The lowest BCUT2D eigenvalue weighted by Crippen LogP contribution is -2.19. The number of nitrogens with one attached hydrogen (secondary N) is 1. The average molecular weight is 411 g/mol. The Bertz CT molecular complexity index is 715. The van der Waals surface area contributed by atoms with Crippen LogP contribution in [0.5, 0.6) is 0 Å². The number of rotatable bonds is 2. The SMILES string of the molecule is O=C1CCc2cc(C(O)c3cc(Br)ccc3Br)ccc2N1. The normalized spacial score (nSPS) is 15.3. The predicted molar refractivity (Wildman–Crippen MR) is 89.3 cm³/mol. The molecular formula is C16H13Br2NO2. The Morgan fingerprint density at radius 1 is 1.10 bits per heavy atom. The molecule has 0 aliphatic carbocycles. The van der Waals surface area contributed by atoms with Gasteiger partial charge in [0.2, 0.25) is 5.91 Å². The molecule has 108 valence electrons. The maximum atomic E-state index is 11.4. The number of aliphatic hydroxyl groups is 1. The number of anilines is 1. The van der Waals surface area contributed by atoms with Crippen LogP contribution in [0.15, 0.2) is 45.3 Å². The van der Waals surface area contributed by atoms with Crippen molar-refractivity contribution in [2.24, 2.45) is 0 Å². The van der Waals surface area contributed by atoms with Crippen molar-refractivity contribution in [3.8, 4) is 0 Å². The quantitative estimate of drug-likeness (QED) is 0.780. The summed E-state index contributed by atoms with van der Waals surface area (Å²) in [6, 6.07) is 11.4. The van der Waals surface area contributed by atoms with Crippen LogP contribution in [0.4, 0.5) is 5.69 Å². The van der Waals surface area contributed by atoms with E-state index < -0.39 is 6.10 Å². The Morgan fingerprint density at radius 3 is 2.71 bits per heavy atom. The fraction of sp³-hybridized carbons (Fsp3) is 0.188. The summed E-state index contributed by atoms with van der Waals surface area (Å²) in [6.45, 7) is 0. The number of benzene rings is 2. The number of fused-ring (bicyclic) bond motifs is 1. The summed E-state index contributed by atoms with van der Waals surface area (Å²) >= 11 is 6.90. The Kier molecular flexibility index (Phi) is 4.15. The molecule has 2 N–H and O–H groups in total. The molecule has 0 fully saturated rings. The van der Waals surface area contributed by atoms with Crippen molar-refractivity contribution >= 4 is 43.5 Å². The summed E-state index contributed by atoms with van der Waals surface area (Å²) in [5.74, 6) is 0.0468. The molecular weight excluding hydrogens is 398 g/mol. The van der Waals surface area contributed by atoms with E-state index in [1.165, 1.54) is 0 Å². The van der Waals surface area contributed by atoms with Crippen LogP contribution in [0.2, 0.25) is 0 Å². The maximum absolute atomic E-state index is 11.4. The van der Waals surface area contributed by atoms with E-state index in [0.717, 1.165) is 31.3 Å². The van der Waals surface area contributed by atoms with Crippen LogP contribution >= 0.6 is 31.9 Å². The molecule has 1 amide bonds. The molecule has 0 spiro atoms. The highest BCUT2D eigenvalue weighted by atomic mass is 79.9. The summed E-state index contributed by atoms with van der Waals surface area (Å²) in [5.41, 5.74) is 3.54. The molecule has 0 bridgehead atoms. The summed E-state index contributed by atoms with van der Waals surface area (Å²) in [6.07, 6.45) is 0.494. The van der Waals surface area contributed by atoms with E-state index in [-0.39, 0.29) is 5.91 Å². The van der Waals surface area contributed by atoms with Crippen molar-refractivity contribution in [3.63, 3.8) is 0 Å². The van der Waals surface area contributed by atoms with E-state index in [9.17, 15) is 9.90 Å². The third kappa shape index (κ3) is 3.05. The minimum absolute atomic E-state index is 0.0468. The lowest BCUT2D eigenvalue weighted by atomic mass is 9.95. The van der Waals surface area contributed by atoms with Crippen LogP contribution in [0, 0.1) is 0 Å². The van der Waals surface area contributed by atoms with Crippen LogP contribution in [-0.4, -0.2) is 11.0 Å². The molecule has 0 radical (unpaired) electrons. The van der Waals surface area contributed by atoms with Crippen LogP contribution in [-0.2, 0) is 11.2 Å². The van der Waals surface area contributed by atoms with Gasteiger partial charge in [0.05, 0.1) is 0 Å². The summed E-state index contributed by atoms with van der Waals surface area (Å²) < 4.78 is 1.79. The van der Waals surface area contributed by atoms with Gasteiger partial charge in [-0.05, 0) is 41.8 Å². The zero-order valence-electron chi connectivity index (χ0n) is 11.1. The number of aliphatic hydroxyl groups excluding tert-OH is 1. The summed E-state index contributed by atoms with van der Waals surface area (Å²) in [4.78, 5) is 11.4.